The van der Waals surface area contributed by atoms with Gasteiger partial charge in [0.25, 0.3) is 5.91 Å². The Hall–Kier alpha value is -2.17. The van der Waals surface area contributed by atoms with Crippen molar-refractivity contribution in [2.75, 3.05) is 0 Å². The van der Waals surface area contributed by atoms with E-state index in [1.165, 1.54) is 0 Å². The number of pyridine rings is 1. The van der Waals surface area contributed by atoms with Crippen LogP contribution in [0.2, 0.25) is 0 Å². The lowest BCUT2D eigenvalue weighted by Crippen LogP contribution is -2.23. The maximum absolute atomic E-state index is 11.8. The summed E-state index contributed by atoms with van der Waals surface area (Å²) in [5.41, 5.74) is 2.34. The van der Waals surface area contributed by atoms with Crippen molar-refractivity contribution in [2.24, 2.45) is 0 Å². The van der Waals surface area contributed by atoms with E-state index in [2.05, 4.69) is 20.5 Å². The van der Waals surface area contributed by atoms with E-state index in [0.717, 1.165) is 11.3 Å². The van der Waals surface area contributed by atoms with Gasteiger partial charge in [0.05, 0.1) is 0 Å². The van der Waals surface area contributed by atoms with Crippen LogP contribution in [0.5, 0.6) is 0 Å². The van der Waals surface area contributed by atoms with Gasteiger partial charge in [0.15, 0.2) is 0 Å². The van der Waals surface area contributed by atoms with Gasteiger partial charge >= 0.3 is 0 Å². The molecule has 2 aromatic heterocycles. The Morgan fingerprint density at radius 1 is 1.50 bits per heavy atom. The fourth-order valence-electron chi connectivity index (χ4n) is 1.52. The van der Waals surface area contributed by atoms with Crippen LogP contribution in [0.1, 0.15) is 41.5 Å². The molecular weight excluding hydrogens is 228 g/mol. The van der Waals surface area contributed by atoms with E-state index in [1.807, 2.05) is 26.0 Å². The predicted octanol–water partition coefficient (Wildman–Crippen LogP) is 1.86. The van der Waals surface area contributed by atoms with Crippen LogP contribution >= 0.6 is 0 Å². The molecule has 5 nitrogen and oxygen atoms in total. The maximum Gasteiger partial charge on any atom is 0.272 e. The van der Waals surface area contributed by atoms with Crippen molar-refractivity contribution in [3.63, 3.8) is 0 Å². The summed E-state index contributed by atoms with van der Waals surface area (Å²) in [6, 6.07) is 5.54. The third-order valence-electron chi connectivity index (χ3n) is 2.63. The van der Waals surface area contributed by atoms with Crippen molar-refractivity contribution in [3.05, 3.63) is 47.5 Å². The molecule has 5 heteroatoms. The number of hydrogen-bond acceptors (Lipinski definition) is 3. The molecule has 1 amide bonds. The average Bonchev–Trinajstić information content (AvgIpc) is 2.87. The lowest BCUT2D eigenvalue weighted by Gasteiger charge is -2.02. The topological polar surface area (TPSA) is 70.7 Å². The van der Waals surface area contributed by atoms with E-state index in [1.54, 1.807) is 18.5 Å². The summed E-state index contributed by atoms with van der Waals surface area (Å²) in [5, 5.41) is 9.66. The number of rotatable bonds is 4. The zero-order chi connectivity index (χ0) is 13.0. The maximum atomic E-state index is 11.8. The molecule has 0 aliphatic rings. The van der Waals surface area contributed by atoms with Gasteiger partial charge in [0, 0.05) is 24.6 Å². The Balaban J connectivity index is 1.95. The molecule has 2 heterocycles. The van der Waals surface area contributed by atoms with Gasteiger partial charge in [-0.2, -0.15) is 5.10 Å². The number of carbonyl (C=O) groups excluding carboxylic acids is 1. The van der Waals surface area contributed by atoms with Gasteiger partial charge in [-0.25, -0.2) is 0 Å². The second kappa shape index (κ2) is 5.44. The molecule has 0 aromatic carbocycles. The van der Waals surface area contributed by atoms with Crippen molar-refractivity contribution >= 4 is 5.91 Å². The highest BCUT2D eigenvalue weighted by Gasteiger charge is 2.11. The molecule has 2 N–H and O–H groups in total. The van der Waals surface area contributed by atoms with E-state index in [9.17, 15) is 4.79 Å². The highest BCUT2D eigenvalue weighted by atomic mass is 16.1. The number of nitrogens with one attached hydrogen (secondary N) is 2. The second-order valence-corrected chi connectivity index (χ2v) is 4.41. The Morgan fingerprint density at radius 3 is 2.94 bits per heavy atom. The van der Waals surface area contributed by atoms with E-state index in [-0.39, 0.29) is 5.91 Å². The molecule has 0 atom stereocenters. The standard InChI is InChI=1S/C13H16N4O/c1-9(2)11-6-12(17-16-11)13(18)15-8-10-4-3-5-14-7-10/h3-7,9H,8H2,1-2H3,(H,15,18)(H,16,17). The van der Waals surface area contributed by atoms with Crippen LogP contribution < -0.4 is 5.32 Å². The van der Waals surface area contributed by atoms with Crippen molar-refractivity contribution in [2.45, 2.75) is 26.3 Å². The van der Waals surface area contributed by atoms with Crippen LogP contribution in [0.15, 0.2) is 30.6 Å². The summed E-state index contributed by atoms with van der Waals surface area (Å²) in [4.78, 5) is 15.8. The molecule has 18 heavy (non-hydrogen) atoms. The van der Waals surface area contributed by atoms with Crippen LogP contribution in [0.25, 0.3) is 0 Å². The number of aromatic nitrogens is 3. The third kappa shape index (κ3) is 2.94. The van der Waals surface area contributed by atoms with Crippen molar-refractivity contribution in [1.29, 1.82) is 0 Å². The van der Waals surface area contributed by atoms with Gasteiger partial charge in [-0.3, -0.25) is 14.9 Å². The van der Waals surface area contributed by atoms with Crippen LogP contribution in [-0.2, 0) is 6.54 Å². The summed E-state index contributed by atoms with van der Waals surface area (Å²) in [5.74, 6) is 0.152. The predicted molar refractivity (Wildman–Crippen MR) is 68.1 cm³/mol. The number of carbonyl (C=O) groups is 1. The zero-order valence-corrected chi connectivity index (χ0v) is 10.5. The monoisotopic (exact) mass is 244 g/mol. The summed E-state index contributed by atoms with van der Waals surface area (Å²) >= 11 is 0. The number of nitrogens with zero attached hydrogens (tertiary/aromatic N) is 2. The molecule has 0 radical (unpaired) electrons. The SMILES string of the molecule is CC(C)c1cc(C(=O)NCc2cccnc2)n[nH]1. The molecule has 0 spiro atoms. The minimum Gasteiger partial charge on any atom is -0.347 e. The Morgan fingerprint density at radius 2 is 2.33 bits per heavy atom. The minimum atomic E-state index is -0.179. The normalized spacial score (nSPS) is 10.6. The third-order valence-corrected chi connectivity index (χ3v) is 2.63. The molecule has 2 aromatic rings. The van der Waals surface area contributed by atoms with E-state index in [0.29, 0.717) is 18.2 Å². The van der Waals surface area contributed by atoms with Gasteiger partial charge in [-0.15, -0.1) is 0 Å². The van der Waals surface area contributed by atoms with Gasteiger partial charge in [-0.1, -0.05) is 19.9 Å². The van der Waals surface area contributed by atoms with E-state index < -0.39 is 0 Å². The zero-order valence-electron chi connectivity index (χ0n) is 10.5. The first-order valence-electron chi connectivity index (χ1n) is 5.89. The molecule has 0 aliphatic heterocycles. The van der Waals surface area contributed by atoms with Crippen LogP contribution in [0.4, 0.5) is 0 Å². The van der Waals surface area contributed by atoms with Crippen LogP contribution in [0.3, 0.4) is 0 Å². The Bertz CT molecular complexity index is 519. The molecule has 0 unspecified atom stereocenters. The molecule has 0 saturated carbocycles. The van der Waals surface area contributed by atoms with Gasteiger partial charge < -0.3 is 5.32 Å². The van der Waals surface area contributed by atoms with Crippen LogP contribution in [-0.4, -0.2) is 21.1 Å². The summed E-state index contributed by atoms with van der Waals surface area (Å²) in [7, 11) is 0. The number of hydrogen-bond donors (Lipinski definition) is 2. The Labute approximate surface area is 106 Å². The summed E-state index contributed by atoms with van der Waals surface area (Å²) < 4.78 is 0. The number of H-pyrrole nitrogens is 1. The summed E-state index contributed by atoms with van der Waals surface area (Å²) in [6.07, 6.45) is 3.43. The van der Waals surface area contributed by atoms with Crippen LogP contribution in [0, 0.1) is 0 Å². The van der Waals surface area contributed by atoms with E-state index >= 15 is 0 Å². The quantitative estimate of drug-likeness (QED) is 0.862. The van der Waals surface area contributed by atoms with Gasteiger partial charge in [0.1, 0.15) is 5.69 Å². The van der Waals surface area contributed by atoms with Crippen molar-refractivity contribution in [1.82, 2.24) is 20.5 Å². The second-order valence-electron chi connectivity index (χ2n) is 4.41. The highest BCUT2D eigenvalue weighted by molar-refractivity contribution is 5.92. The fourth-order valence-corrected chi connectivity index (χ4v) is 1.52. The lowest BCUT2D eigenvalue weighted by atomic mass is 10.1. The Kier molecular flexibility index (Phi) is 3.72. The first kappa shape index (κ1) is 12.3. The number of aromatic amines is 1. The molecule has 0 fully saturated rings. The first-order chi connectivity index (χ1) is 8.66. The minimum absolute atomic E-state index is 0.179. The van der Waals surface area contributed by atoms with Crippen molar-refractivity contribution in [3.8, 4) is 0 Å². The molecular formula is C13H16N4O. The first-order valence-corrected chi connectivity index (χ1v) is 5.89. The fraction of sp³-hybridized carbons (Fsp3) is 0.308. The van der Waals surface area contributed by atoms with Gasteiger partial charge in [0.2, 0.25) is 0 Å². The molecule has 0 aliphatic carbocycles. The average molecular weight is 244 g/mol. The molecule has 0 saturated heterocycles. The largest absolute Gasteiger partial charge is 0.347 e. The molecule has 0 bridgehead atoms. The van der Waals surface area contributed by atoms with E-state index in [4.69, 9.17) is 0 Å². The number of amides is 1. The highest BCUT2D eigenvalue weighted by Crippen LogP contribution is 2.11. The smallest absolute Gasteiger partial charge is 0.272 e. The van der Waals surface area contributed by atoms with Crippen molar-refractivity contribution < 1.29 is 4.79 Å². The molecule has 2 rings (SSSR count). The summed E-state index contributed by atoms with van der Waals surface area (Å²) in [6.45, 7) is 4.55. The molecule has 94 valence electrons. The van der Waals surface area contributed by atoms with Gasteiger partial charge in [-0.05, 0) is 23.6 Å². The lowest BCUT2D eigenvalue weighted by molar-refractivity contribution is 0.0946.